The smallest absolute Gasteiger partial charge is 0.371 e. The number of hydrogen-bond acceptors (Lipinski definition) is 5. The maximum atomic E-state index is 10.9. The average molecular weight is 301 g/mol. The Kier molecular flexibility index (Phi) is 3.95. The van der Waals surface area contributed by atoms with Crippen molar-refractivity contribution in [3.8, 4) is 0 Å². The third-order valence-electron chi connectivity index (χ3n) is 3.97. The van der Waals surface area contributed by atoms with Crippen LogP contribution in [0.1, 0.15) is 12.0 Å². The van der Waals surface area contributed by atoms with Crippen LogP contribution in [-0.4, -0.2) is 34.1 Å². The zero-order chi connectivity index (χ0) is 15.5. The molecule has 0 bridgehead atoms. The molecular formula is C15H19N5O2. The first kappa shape index (κ1) is 14.4. The fraction of sp³-hybridized carbons (Fsp3) is 0.400. The average Bonchev–Trinajstić information content (AvgIpc) is 3.08. The maximum Gasteiger partial charge on any atom is 0.406 e. The van der Waals surface area contributed by atoms with Crippen LogP contribution in [0.25, 0.3) is 0 Å². The van der Waals surface area contributed by atoms with E-state index in [2.05, 4.69) is 39.5 Å². The molecule has 3 rings (SSSR count). The zero-order valence-electron chi connectivity index (χ0n) is 12.5. The molecule has 1 N–H and O–H groups in total. The van der Waals surface area contributed by atoms with Gasteiger partial charge in [0.2, 0.25) is 12.1 Å². The first-order valence-electron chi connectivity index (χ1n) is 7.39. The van der Waals surface area contributed by atoms with Crippen molar-refractivity contribution in [1.29, 1.82) is 0 Å². The highest BCUT2D eigenvalue weighted by atomic mass is 16.6. The summed E-state index contributed by atoms with van der Waals surface area (Å²) in [5, 5.41) is 14.0. The Labute approximate surface area is 128 Å². The van der Waals surface area contributed by atoms with E-state index >= 15 is 0 Å². The summed E-state index contributed by atoms with van der Waals surface area (Å²) in [6.07, 6.45) is 3.46. The summed E-state index contributed by atoms with van der Waals surface area (Å²) >= 11 is 0. The van der Waals surface area contributed by atoms with E-state index in [1.165, 1.54) is 17.6 Å². The van der Waals surface area contributed by atoms with Crippen LogP contribution in [0.15, 0.2) is 30.6 Å². The molecule has 0 radical (unpaired) electrons. The molecule has 1 aromatic heterocycles. The van der Waals surface area contributed by atoms with Crippen LogP contribution in [0.2, 0.25) is 0 Å². The topological polar surface area (TPSA) is 76.2 Å². The lowest BCUT2D eigenvalue weighted by Gasteiger charge is -2.19. The van der Waals surface area contributed by atoms with Crippen molar-refractivity contribution in [3.63, 3.8) is 0 Å². The third kappa shape index (κ3) is 2.74. The van der Waals surface area contributed by atoms with Gasteiger partial charge in [-0.2, -0.15) is 0 Å². The van der Waals surface area contributed by atoms with E-state index in [1.807, 2.05) is 0 Å². The molecule has 1 aliphatic heterocycles. The van der Waals surface area contributed by atoms with Gasteiger partial charge in [0, 0.05) is 32.4 Å². The van der Waals surface area contributed by atoms with Crippen LogP contribution in [-0.2, 0) is 13.5 Å². The number of para-hydroxylation sites is 1. The lowest BCUT2D eigenvalue weighted by molar-refractivity contribution is -0.388. The monoisotopic (exact) mass is 301 g/mol. The van der Waals surface area contributed by atoms with Crippen LogP contribution >= 0.6 is 0 Å². The Hall–Kier alpha value is -2.57. The molecule has 1 aliphatic rings. The lowest BCUT2D eigenvalue weighted by atomic mass is 10.2. The largest absolute Gasteiger partial charge is 0.406 e. The number of aryl methyl sites for hydroxylation is 1. The quantitative estimate of drug-likeness (QED) is 0.503. The van der Waals surface area contributed by atoms with Crippen molar-refractivity contribution >= 4 is 17.3 Å². The molecule has 2 heterocycles. The van der Waals surface area contributed by atoms with E-state index < -0.39 is 4.92 Å². The summed E-state index contributed by atoms with van der Waals surface area (Å²) < 4.78 is 1.64. The minimum atomic E-state index is -0.459. The highest BCUT2D eigenvalue weighted by Crippen LogP contribution is 2.27. The van der Waals surface area contributed by atoms with E-state index in [9.17, 15) is 10.1 Å². The molecule has 2 aromatic rings. The van der Waals surface area contributed by atoms with Crippen molar-refractivity contribution in [3.05, 3.63) is 46.3 Å². The number of fused-ring (bicyclic) bond motifs is 1. The number of hydrogen-bond donors (Lipinski definition) is 1. The Morgan fingerprint density at radius 1 is 1.41 bits per heavy atom. The van der Waals surface area contributed by atoms with Gasteiger partial charge in [0.15, 0.2) is 0 Å². The van der Waals surface area contributed by atoms with E-state index in [-0.39, 0.29) is 5.82 Å². The van der Waals surface area contributed by atoms with E-state index in [0.717, 1.165) is 25.9 Å². The van der Waals surface area contributed by atoms with Gasteiger partial charge in [-0.3, -0.25) is 4.57 Å². The molecule has 0 saturated heterocycles. The molecule has 7 nitrogen and oxygen atoms in total. The van der Waals surface area contributed by atoms with Crippen LogP contribution in [0.5, 0.6) is 0 Å². The Balaban J connectivity index is 1.53. The number of rotatable bonds is 6. The molecule has 0 aliphatic carbocycles. The van der Waals surface area contributed by atoms with Crippen molar-refractivity contribution in [2.24, 2.45) is 7.05 Å². The minimum Gasteiger partial charge on any atom is -0.371 e. The van der Waals surface area contributed by atoms with Crippen LogP contribution in [0.4, 0.5) is 17.3 Å². The second-order valence-electron chi connectivity index (χ2n) is 5.43. The molecule has 0 atom stereocenters. The fourth-order valence-corrected chi connectivity index (χ4v) is 2.87. The number of aromatic nitrogens is 2. The van der Waals surface area contributed by atoms with Crippen molar-refractivity contribution in [1.82, 2.24) is 9.55 Å². The van der Waals surface area contributed by atoms with E-state index in [0.29, 0.717) is 12.4 Å². The summed E-state index contributed by atoms with van der Waals surface area (Å²) in [5.41, 5.74) is 2.71. The number of nitro groups is 1. The Bertz CT molecular complexity index is 682. The second kappa shape index (κ2) is 6.05. The lowest BCUT2D eigenvalue weighted by Crippen LogP contribution is -2.23. The number of nitrogens with one attached hydrogen (secondary N) is 1. The molecule has 7 heteroatoms. The van der Waals surface area contributed by atoms with Gasteiger partial charge in [-0.25, -0.2) is 0 Å². The second-order valence-corrected chi connectivity index (χ2v) is 5.43. The van der Waals surface area contributed by atoms with Crippen LogP contribution < -0.4 is 10.2 Å². The van der Waals surface area contributed by atoms with Gasteiger partial charge >= 0.3 is 5.82 Å². The van der Waals surface area contributed by atoms with Gasteiger partial charge in [0.1, 0.15) is 0 Å². The highest BCUT2D eigenvalue weighted by molar-refractivity contribution is 5.57. The first-order chi connectivity index (χ1) is 10.7. The van der Waals surface area contributed by atoms with Gasteiger partial charge in [-0.1, -0.05) is 18.2 Å². The molecule has 0 saturated carbocycles. The third-order valence-corrected chi connectivity index (χ3v) is 3.97. The zero-order valence-corrected chi connectivity index (χ0v) is 12.5. The van der Waals surface area contributed by atoms with Gasteiger partial charge in [0.25, 0.3) is 0 Å². The minimum absolute atomic E-state index is 0.117. The summed E-state index contributed by atoms with van der Waals surface area (Å²) in [4.78, 5) is 16.6. The molecule has 0 amide bonds. The molecular weight excluding hydrogens is 282 g/mol. The summed E-state index contributed by atoms with van der Waals surface area (Å²) in [6.45, 7) is 2.67. The van der Waals surface area contributed by atoms with E-state index in [4.69, 9.17) is 0 Å². The van der Waals surface area contributed by atoms with Crippen molar-refractivity contribution in [2.45, 2.75) is 12.8 Å². The van der Waals surface area contributed by atoms with Gasteiger partial charge in [-0.15, -0.1) is 0 Å². The van der Waals surface area contributed by atoms with Crippen LogP contribution in [0.3, 0.4) is 0 Å². The normalized spacial score (nSPS) is 13.2. The maximum absolute atomic E-state index is 10.9. The predicted molar refractivity (Wildman–Crippen MR) is 85.3 cm³/mol. The van der Waals surface area contributed by atoms with Gasteiger partial charge in [-0.05, 0) is 34.4 Å². The standard InChI is InChI=1S/C15H19N5O2/c1-18-11-17-15(20(21)22)14(18)16-8-4-9-19-10-7-12-5-2-3-6-13(12)19/h2-3,5-6,11,16H,4,7-10H2,1H3. The van der Waals surface area contributed by atoms with Gasteiger partial charge < -0.3 is 20.3 Å². The first-order valence-corrected chi connectivity index (χ1v) is 7.39. The number of nitrogens with zero attached hydrogens (tertiary/aromatic N) is 4. The SMILES string of the molecule is Cn1cnc([N+](=O)[O-])c1NCCCN1CCc2ccccc21. The predicted octanol–water partition coefficient (Wildman–Crippen LogP) is 2.19. The molecule has 116 valence electrons. The molecule has 22 heavy (non-hydrogen) atoms. The number of anilines is 2. The molecule has 1 aromatic carbocycles. The van der Waals surface area contributed by atoms with Crippen molar-refractivity contribution < 1.29 is 4.92 Å². The summed E-state index contributed by atoms with van der Waals surface area (Å²) in [6, 6.07) is 8.47. The van der Waals surface area contributed by atoms with Crippen LogP contribution in [0, 0.1) is 10.1 Å². The summed E-state index contributed by atoms with van der Waals surface area (Å²) in [7, 11) is 1.75. The Morgan fingerprint density at radius 2 is 2.23 bits per heavy atom. The summed E-state index contributed by atoms with van der Waals surface area (Å²) in [5.74, 6) is 0.348. The Morgan fingerprint density at radius 3 is 3.05 bits per heavy atom. The molecule has 0 spiro atoms. The number of imidazole rings is 1. The highest BCUT2D eigenvalue weighted by Gasteiger charge is 2.20. The number of benzene rings is 1. The van der Waals surface area contributed by atoms with E-state index in [1.54, 1.807) is 11.6 Å². The van der Waals surface area contributed by atoms with Crippen molar-refractivity contribution in [2.75, 3.05) is 29.9 Å². The fourth-order valence-electron chi connectivity index (χ4n) is 2.87. The molecule has 0 unspecified atom stereocenters. The van der Waals surface area contributed by atoms with Gasteiger partial charge in [0.05, 0.1) is 0 Å². The molecule has 0 fully saturated rings.